The van der Waals surface area contributed by atoms with Gasteiger partial charge < -0.3 is 15.4 Å². The van der Waals surface area contributed by atoms with E-state index in [1.165, 1.54) is 0 Å². The van der Waals surface area contributed by atoms with Gasteiger partial charge in [-0.2, -0.15) is 4.98 Å². The number of benzene rings is 1. The second kappa shape index (κ2) is 4.71. The Morgan fingerprint density at radius 3 is 2.79 bits per heavy atom. The molecule has 7 heteroatoms. The molecule has 2 heterocycles. The maximum absolute atomic E-state index is 8.94. The lowest BCUT2D eigenvalue weighted by molar-refractivity contribution is 0.237. The molecule has 3 N–H and O–H groups in total. The van der Waals surface area contributed by atoms with Crippen molar-refractivity contribution in [1.82, 2.24) is 20.1 Å². The highest BCUT2D eigenvalue weighted by molar-refractivity contribution is 5.79. The maximum Gasteiger partial charge on any atom is 0.246 e. The Bertz CT molecular complexity index is 712. The number of rotatable bonds is 3. The third kappa shape index (κ3) is 2.16. The lowest BCUT2D eigenvalue weighted by Gasteiger charge is -1.99. The van der Waals surface area contributed by atoms with Crippen LogP contribution in [0.4, 0.5) is 0 Å². The van der Waals surface area contributed by atoms with Crippen molar-refractivity contribution in [2.24, 2.45) is 5.73 Å². The van der Waals surface area contributed by atoms with Gasteiger partial charge in [0.1, 0.15) is 6.04 Å². The lowest BCUT2D eigenvalue weighted by atomic mass is 10.2. The zero-order valence-corrected chi connectivity index (χ0v) is 9.89. The highest BCUT2D eigenvalue weighted by atomic mass is 16.5. The van der Waals surface area contributed by atoms with Crippen molar-refractivity contribution < 1.29 is 9.63 Å². The Morgan fingerprint density at radius 1 is 1.21 bits per heavy atom. The number of fused-ring (bicyclic) bond motifs is 1. The predicted molar refractivity (Wildman–Crippen MR) is 66.8 cm³/mol. The van der Waals surface area contributed by atoms with Crippen LogP contribution in [0.2, 0.25) is 0 Å². The fourth-order valence-electron chi connectivity index (χ4n) is 1.68. The van der Waals surface area contributed by atoms with Crippen molar-refractivity contribution in [2.75, 3.05) is 6.61 Å². The molecule has 0 amide bonds. The Labute approximate surface area is 108 Å². The number of aromatic nitrogens is 4. The smallest absolute Gasteiger partial charge is 0.246 e. The number of nitrogens with zero attached hydrogens (tertiary/aromatic N) is 4. The Morgan fingerprint density at radius 2 is 2.00 bits per heavy atom. The molecule has 0 saturated carbocycles. The number of nitrogens with two attached hydrogens (primary N) is 1. The molecule has 1 atom stereocenters. The van der Waals surface area contributed by atoms with E-state index in [2.05, 4.69) is 20.1 Å². The van der Waals surface area contributed by atoms with Crippen molar-refractivity contribution >= 4 is 11.0 Å². The molecular formula is C12H11N5O2. The second-order valence-corrected chi connectivity index (χ2v) is 4.01. The van der Waals surface area contributed by atoms with Crippen molar-refractivity contribution in [1.29, 1.82) is 0 Å². The summed E-state index contributed by atoms with van der Waals surface area (Å²) in [5.74, 6) is 0.614. The summed E-state index contributed by atoms with van der Waals surface area (Å²) in [5.41, 5.74) is 7.91. The zero-order valence-electron chi connectivity index (χ0n) is 9.89. The Hall–Kier alpha value is -2.38. The van der Waals surface area contributed by atoms with Crippen molar-refractivity contribution in [3.05, 3.63) is 36.5 Å². The predicted octanol–water partition coefficient (Wildman–Crippen LogP) is 0.672. The lowest BCUT2D eigenvalue weighted by Crippen LogP contribution is -2.14. The zero-order chi connectivity index (χ0) is 13.2. The minimum Gasteiger partial charge on any atom is -0.394 e. The minimum absolute atomic E-state index is 0.205. The average Bonchev–Trinajstić information content (AvgIpc) is 2.95. The van der Waals surface area contributed by atoms with Crippen LogP contribution >= 0.6 is 0 Å². The quantitative estimate of drug-likeness (QED) is 0.709. The number of aliphatic hydroxyl groups is 1. The van der Waals surface area contributed by atoms with Crippen LogP contribution in [-0.4, -0.2) is 31.8 Å². The molecule has 0 aliphatic carbocycles. The Kier molecular flexibility index (Phi) is 2.90. The summed E-state index contributed by atoms with van der Waals surface area (Å²) in [5, 5.41) is 12.8. The topological polar surface area (TPSA) is 111 Å². The number of hydrogen-bond donors (Lipinski definition) is 2. The van der Waals surface area contributed by atoms with Gasteiger partial charge in [-0.3, -0.25) is 9.97 Å². The first-order chi connectivity index (χ1) is 9.28. The molecule has 0 fully saturated rings. The second-order valence-electron chi connectivity index (χ2n) is 4.01. The van der Waals surface area contributed by atoms with Gasteiger partial charge >= 0.3 is 0 Å². The summed E-state index contributed by atoms with van der Waals surface area (Å²) in [4.78, 5) is 12.5. The summed E-state index contributed by atoms with van der Waals surface area (Å²) in [6.07, 6.45) is 3.25. The molecule has 7 nitrogen and oxygen atoms in total. The van der Waals surface area contributed by atoms with E-state index in [1.807, 2.05) is 18.2 Å². The van der Waals surface area contributed by atoms with Gasteiger partial charge in [0.25, 0.3) is 0 Å². The van der Waals surface area contributed by atoms with E-state index in [4.69, 9.17) is 15.4 Å². The van der Waals surface area contributed by atoms with Crippen molar-refractivity contribution in [3.63, 3.8) is 0 Å². The van der Waals surface area contributed by atoms with E-state index in [0.717, 1.165) is 16.6 Å². The summed E-state index contributed by atoms with van der Waals surface area (Å²) in [7, 11) is 0. The molecule has 19 heavy (non-hydrogen) atoms. The molecule has 1 aromatic carbocycles. The highest BCUT2D eigenvalue weighted by Crippen LogP contribution is 2.21. The van der Waals surface area contributed by atoms with E-state index in [9.17, 15) is 0 Å². The van der Waals surface area contributed by atoms with Crippen LogP contribution in [0.15, 0.2) is 35.1 Å². The van der Waals surface area contributed by atoms with E-state index in [-0.39, 0.29) is 12.5 Å². The van der Waals surface area contributed by atoms with Gasteiger partial charge in [-0.05, 0) is 18.2 Å². The molecule has 0 radical (unpaired) electrons. The van der Waals surface area contributed by atoms with Crippen LogP contribution in [0.3, 0.4) is 0 Å². The molecular weight excluding hydrogens is 246 g/mol. The van der Waals surface area contributed by atoms with Crippen molar-refractivity contribution in [3.8, 4) is 11.4 Å². The third-order valence-corrected chi connectivity index (χ3v) is 2.68. The molecule has 1 unspecified atom stereocenters. The molecule has 3 aromatic rings. The van der Waals surface area contributed by atoms with Crippen LogP contribution in [0.5, 0.6) is 0 Å². The largest absolute Gasteiger partial charge is 0.394 e. The average molecular weight is 257 g/mol. The van der Waals surface area contributed by atoms with Crippen LogP contribution in [0, 0.1) is 0 Å². The molecule has 0 bridgehead atoms. The van der Waals surface area contributed by atoms with Crippen molar-refractivity contribution in [2.45, 2.75) is 6.04 Å². The van der Waals surface area contributed by atoms with E-state index >= 15 is 0 Å². The monoisotopic (exact) mass is 257 g/mol. The van der Waals surface area contributed by atoms with Gasteiger partial charge in [0, 0.05) is 18.0 Å². The standard InChI is InChI=1S/C12H11N5O2/c13-8(6-18)12-16-11(17-19-12)7-1-2-9-10(5-7)15-4-3-14-9/h1-5,8,18H,6,13H2. The summed E-state index contributed by atoms with van der Waals surface area (Å²) < 4.78 is 5.00. The van der Waals surface area contributed by atoms with Gasteiger partial charge in [0.05, 0.1) is 17.6 Å². The molecule has 2 aromatic heterocycles. The van der Waals surface area contributed by atoms with Gasteiger partial charge in [-0.1, -0.05) is 5.16 Å². The Balaban J connectivity index is 2.01. The SMILES string of the molecule is NC(CO)c1nc(-c2ccc3nccnc3c2)no1. The fraction of sp³-hybridized carbons (Fsp3) is 0.167. The maximum atomic E-state index is 8.94. The third-order valence-electron chi connectivity index (χ3n) is 2.68. The fourth-order valence-corrected chi connectivity index (χ4v) is 1.68. The summed E-state index contributed by atoms with van der Waals surface area (Å²) in [6, 6.07) is 4.82. The highest BCUT2D eigenvalue weighted by Gasteiger charge is 2.15. The molecule has 0 aliphatic rings. The first-order valence-corrected chi connectivity index (χ1v) is 5.69. The van der Waals surface area contributed by atoms with Gasteiger partial charge in [0.2, 0.25) is 11.7 Å². The molecule has 0 spiro atoms. The molecule has 96 valence electrons. The van der Waals surface area contributed by atoms with E-state index < -0.39 is 6.04 Å². The van der Waals surface area contributed by atoms with Crippen LogP contribution < -0.4 is 5.73 Å². The molecule has 3 rings (SSSR count). The number of aliphatic hydroxyl groups excluding tert-OH is 1. The van der Waals surface area contributed by atoms with Crippen LogP contribution in [-0.2, 0) is 0 Å². The van der Waals surface area contributed by atoms with Crippen LogP contribution in [0.1, 0.15) is 11.9 Å². The normalized spacial score (nSPS) is 12.7. The summed E-state index contributed by atoms with van der Waals surface area (Å²) in [6.45, 7) is -0.245. The molecule has 0 aliphatic heterocycles. The van der Waals surface area contributed by atoms with E-state index in [0.29, 0.717) is 5.82 Å². The minimum atomic E-state index is -0.665. The van der Waals surface area contributed by atoms with Gasteiger partial charge in [0.15, 0.2) is 0 Å². The first-order valence-electron chi connectivity index (χ1n) is 5.69. The van der Waals surface area contributed by atoms with Crippen LogP contribution in [0.25, 0.3) is 22.4 Å². The van der Waals surface area contributed by atoms with Gasteiger partial charge in [-0.25, -0.2) is 0 Å². The summed E-state index contributed by atoms with van der Waals surface area (Å²) >= 11 is 0. The molecule has 0 saturated heterocycles. The van der Waals surface area contributed by atoms with Gasteiger partial charge in [-0.15, -0.1) is 0 Å². The number of hydrogen-bond acceptors (Lipinski definition) is 7. The van der Waals surface area contributed by atoms with E-state index in [1.54, 1.807) is 12.4 Å². The first kappa shape index (κ1) is 11.7.